The van der Waals surface area contributed by atoms with E-state index in [4.69, 9.17) is 33.2 Å². The van der Waals surface area contributed by atoms with Gasteiger partial charge in [0.1, 0.15) is 0 Å². The molecular weight excluding hydrogens is 613 g/mol. The van der Waals surface area contributed by atoms with Gasteiger partial charge < -0.3 is 26.0 Å². The zero-order valence-electron chi connectivity index (χ0n) is 26.1. The fourth-order valence-corrected chi connectivity index (χ4v) is 7.75. The quantitative estimate of drug-likeness (QED) is 0.207. The number of halogens is 2. The minimum Gasteiger partial charge on any atom is -0.389 e. The molecule has 4 N–H and O–H groups in total. The van der Waals surface area contributed by atoms with E-state index in [-0.39, 0.29) is 36.1 Å². The second kappa shape index (κ2) is 12.5. The molecule has 10 nitrogen and oxygen atoms in total. The SMILES string of the molecule is CNC(=O)CNc1nc2cc(N/C(=N/[C@H]3C[C@@H]4C[C@H]([C@@H]3C)C4(C)C)N3CC(O)C3)ccc2c(=O)n1CCc1ccc(Cl)cc1Cl. The highest BCUT2D eigenvalue weighted by atomic mass is 35.5. The van der Waals surface area contributed by atoms with Crippen LogP contribution in [0, 0.1) is 23.2 Å². The molecule has 45 heavy (non-hydrogen) atoms. The van der Waals surface area contributed by atoms with Crippen LogP contribution in [0.5, 0.6) is 0 Å². The molecule has 0 radical (unpaired) electrons. The highest BCUT2D eigenvalue weighted by Crippen LogP contribution is 2.61. The van der Waals surface area contributed by atoms with Crippen LogP contribution in [0.2, 0.25) is 10.0 Å². The van der Waals surface area contributed by atoms with Crippen molar-refractivity contribution in [2.45, 2.75) is 58.7 Å². The van der Waals surface area contributed by atoms with Crippen LogP contribution in [0.4, 0.5) is 11.6 Å². The van der Waals surface area contributed by atoms with Gasteiger partial charge in [-0.25, -0.2) is 9.98 Å². The second-order valence-corrected chi connectivity index (χ2v) is 14.1. The first-order valence-electron chi connectivity index (χ1n) is 15.7. The van der Waals surface area contributed by atoms with E-state index in [0.717, 1.165) is 23.6 Å². The van der Waals surface area contributed by atoms with Gasteiger partial charge in [-0.05, 0) is 78.3 Å². The third-order valence-electron chi connectivity index (χ3n) is 10.3. The van der Waals surface area contributed by atoms with Crippen LogP contribution in [0.25, 0.3) is 10.9 Å². The van der Waals surface area contributed by atoms with Crippen molar-refractivity contribution in [1.29, 1.82) is 0 Å². The molecule has 3 aromatic rings. The van der Waals surface area contributed by atoms with Crippen molar-refractivity contribution in [3.63, 3.8) is 0 Å². The van der Waals surface area contributed by atoms with E-state index in [1.165, 1.54) is 11.0 Å². The summed E-state index contributed by atoms with van der Waals surface area (Å²) in [5.41, 5.74) is 2.22. The number of carbonyl (C=O) groups excluding carboxylic acids is 1. The minimum atomic E-state index is -0.374. The zero-order valence-corrected chi connectivity index (χ0v) is 27.6. The first kappa shape index (κ1) is 31.6. The zero-order chi connectivity index (χ0) is 32.0. The number of aliphatic imine (C=N–C) groups is 1. The predicted octanol–water partition coefficient (Wildman–Crippen LogP) is 4.62. The molecule has 2 aromatic carbocycles. The van der Waals surface area contributed by atoms with Crippen molar-refractivity contribution >= 4 is 57.6 Å². The standard InChI is InChI=1S/C33H41Cl2N7O3/c1-18-25-11-20(33(25,2)3)12-27(18)39-32(41-16-23(43)17-41)38-22-7-8-24-28(14-22)40-31(37-15-29(44)36-4)42(30(24)45)10-9-19-5-6-21(34)13-26(19)35/h5-8,13-14,18,20,23,25,27,43H,9-12,15-17H2,1-4H3,(H,36,44)(H,37,40)(H,38,39)/t18-,20-,25+,27-/m0/s1. The summed E-state index contributed by atoms with van der Waals surface area (Å²) in [5, 5.41) is 20.7. The average molecular weight is 655 g/mol. The molecule has 4 atom stereocenters. The van der Waals surface area contributed by atoms with Gasteiger partial charge in [0.2, 0.25) is 11.9 Å². The first-order valence-corrected chi connectivity index (χ1v) is 16.4. The number of nitrogens with one attached hydrogen (secondary N) is 3. The highest BCUT2D eigenvalue weighted by molar-refractivity contribution is 6.35. The Bertz CT molecular complexity index is 1700. The Hall–Kier alpha value is -3.34. The maximum atomic E-state index is 13.8. The Labute approximate surface area is 273 Å². The fourth-order valence-electron chi connectivity index (χ4n) is 7.25. The number of aliphatic hydroxyl groups excluding tert-OH is 1. The Kier molecular flexibility index (Phi) is 8.76. The number of aromatic nitrogens is 2. The van der Waals surface area contributed by atoms with Gasteiger partial charge in [-0.2, -0.15) is 0 Å². The van der Waals surface area contributed by atoms with E-state index in [1.54, 1.807) is 25.2 Å². The number of rotatable bonds is 8. The third-order valence-corrected chi connectivity index (χ3v) is 10.9. The highest BCUT2D eigenvalue weighted by Gasteiger charge is 2.56. The van der Waals surface area contributed by atoms with Gasteiger partial charge in [0, 0.05) is 42.4 Å². The van der Waals surface area contributed by atoms with Gasteiger partial charge in [0.25, 0.3) is 5.56 Å². The molecule has 1 aromatic heterocycles. The van der Waals surface area contributed by atoms with Crippen molar-refractivity contribution in [3.05, 3.63) is 62.4 Å². The number of nitrogens with zero attached hydrogens (tertiary/aromatic N) is 4. The van der Waals surface area contributed by atoms with Crippen LogP contribution in [0.1, 0.15) is 39.2 Å². The molecular formula is C33H41Cl2N7O3. The Morgan fingerprint density at radius 2 is 1.93 bits per heavy atom. The number of aliphatic hydroxyl groups is 1. The molecule has 1 aliphatic heterocycles. The summed E-state index contributed by atoms with van der Waals surface area (Å²) in [6.45, 7) is 8.38. The maximum Gasteiger partial charge on any atom is 0.262 e. The minimum absolute atomic E-state index is 0.0411. The molecule has 0 spiro atoms. The van der Waals surface area contributed by atoms with Gasteiger partial charge in [0.05, 0.1) is 29.6 Å². The van der Waals surface area contributed by atoms with E-state index in [0.29, 0.717) is 70.2 Å². The summed E-state index contributed by atoms with van der Waals surface area (Å²) >= 11 is 12.5. The number of guanidine groups is 1. The topological polar surface area (TPSA) is 124 Å². The largest absolute Gasteiger partial charge is 0.389 e. The molecule has 4 fully saturated rings. The Morgan fingerprint density at radius 3 is 2.60 bits per heavy atom. The number of fused-ring (bicyclic) bond motifs is 3. The molecule has 12 heteroatoms. The molecule has 0 unspecified atom stereocenters. The predicted molar refractivity (Wildman–Crippen MR) is 180 cm³/mol. The van der Waals surface area contributed by atoms with Gasteiger partial charge in [-0.3, -0.25) is 14.2 Å². The number of aryl methyl sites for hydroxylation is 1. The summed E-state index contributed by atoms with van der Waals surface area (Å²) in [7, 11) is 1.56. The van der Waals surface area contributed by atoms with Crippen LogP contribution in [0.3, 0.4) is 0 Å². The number of likely N-dealkylation sites (tertiary alicyclic amines) is 1. The van der Waals surface area contributed by atoms with Gasteiger partial charge in [-0.1, -0.05) is 50.0 Å². The lowest BCUT2D eigenvalue weighted by Crippen LogP contribution is -2.58. The molecule has 3 saturated carbocycles. The van der Waals surface area contributed by atoms with E-state index in [9.17, 15) is 14.7 Å². The molecule has 4 aliphatic rings. The lowest BCUT2D eigenvalue weighted by molar-refractivity contribution is -0.118. The number of carbonyl (C=O) groups is 1. The number of amides is 1. The summed E-state index contributed by atoms with van der Waals surface area (Å²) in [6, 6.07) is 11.0. The summed E-state index contributed by atoms with van der Waals surface area (Å²) in [5.74, 6) is 2.61. The number of anilines is 2. The summed E-state index contributed by atoms with van der Waals surface area (Å²) < 4.78 is 1.54. The first-order chi connectivity index (χ1) is 21.4. The van der Waals surface area contributed by atoms with Crippen LogP contribution >= 0.6 is 23.2 Å². The Morgan fingerprint density at radius 1 is 1.16 bits per heavy atom. The summed E-state index contributed by atoms with van der Waals surface area (Å²) in [6.07, 6.45) is 2.44. The molecule has 240 valence electrons. The number of likely N-dealkylation sites (N-methyl/N-ethyl adjacent to an activating group) is 1. The smallest absolute Gasteiger partial charge is 0.262 e. The number of β-amino-alcohol motifs (C(OH)–C–C–N with tert-alkyl or cyclic N) is 1. The van der Waals surface area contributed by atoms with Crippen LogP contribution in [0.15, 0.2) is 46.2 Å². The van der Waals surface area contributed by atoms with Crippen LogP contribution in [-0.2, 0) is 17.8 Å². The fraction of sp³-hybridized carbons (Fsp3) is 0.515. The van der Waals surface area contributed by atoms with Crippen LogP contribution in [-0.4, -0.2) is 70.3 Å². The van der Waals surface area contributed by atoms with E-state index in [1.807, 2.05) is 18.2 Å². The second-order valence-electron chi connectivity index (χ2n) is 13.3. The lowest BCUT2D eigenvalue weighted by atomic mass is 9.45. The average Bonchev–Trinajstić information content (AvgIpc) is 2.98. The Balaban J connectivity index is 1.30. The van der Waals surface area contributed by atoms with Gasteiger partial charge >= 0.3 is 0 Å². The molecule has 7 rings (SSSR count). The molecule has 1 amide bonds. The molecule has 3 aliphatic carbocycles. The van der Waals surface area contributed by atoms with Crippen molar-refractivity contribution in [2.75, 3.05) is 37.3 Å². The number of hydrogen-bond donors (Lipinski definition) is 4. The summed E-state index contributed by atoms with van der Waals surface area (Å²) in [4.78, 5) is 38.0. The van der Waals surface area contributed by atoms with Crippen molar-refractivity contribution in [2.24, 2.45) is 28.2 Å². The molecule has 2 heterocycles. The maximum absolute atomic E-state index is 13.8. The van der Waals surface area contributed by atoms with Crippen LogP contribution < -0.4 is 21.5 Å². The van der Waals surface area contributed by atoms with Crippen molar-refractivity contribution in [3.8, 4) is 0 Å². The van der Waals surface area contributed by atoms with Crippen molar-refractivity contribution in [1.82, 2.24) is 19.8 Å². The van der Waals surface area contributed by atoms with Gasteiger partial charge in [-0.15, -0.1) is 0 Å². The van der Waals surface area contributed by atoms with Crippen molar-refractivity contribution < 1.29 is 9.90 Å². The molecule has 2 bridgehead atoms. The van der Waals surface area contributed by atoms with Gasteiger partial charge in [0.15, 0.2) is 5.96 Å². The number of hydrogen-bond acceptors (Lipinski definition) is 6. The normalized spacial score (nSPS) is 24.2. The lowest BCUT2D eigenvalue weighted by Gasteiger charge is -2.61. The number of benzene rings is 2. The van der Waals surface area contributed by atoms with E-state index < -0.39 is 0 Å². The monoisotopic (exact) mass is 653 g/mol. The van der Waals surface area contributed by atoms with E-state index in [2.05, 4.69) is 41.6 Å². The van der Waals surface area contributed by atoms with E-state index >= 15 is 0 Å². The third kappa shape index (κ3) is 6.24. The molecule has 1 saturated heterocycles.